The minimum absolute atomic E-state index is 0.0243. The topological polar surface area (TPSA) is 80.0 Å². The Morgan fingerprint density at radius 2 is 2.14 bits per heavy atom. The highest BCUT2D eigenvalue weighted by molar-refractivity contribution is 7.82. The number of benzene rings is 1. The van der Waals surface area contributed by atoms with Crippen LogP contribution in [0.5, 0.6) is 0 Å². The van der Waals surface area contributed by atoms with Gasteiger partial charge in [-0.05, 0) is 24.6 Å². The number of thiocarbonyl (C=S) groups is 1. The summed E-state index contributed by atoms with van der Waals surface area (Å²) in [6.07, 6.45) is 0. The standard InChI is InChI=1S/C14H17ClN4O2S/c1-9-10(15)3-2-4-11(9)17-18-12(13(16)22)14(20)19-5-7-21-8-6-19/h2-4,17H,5-8H2,1H3,(H2,16,22)/b18-12-. The van der Waals surface area contributed by atoms with Crippen molar-refractivity contribution in [2.75, 3.05) is 31.7 Å². The van der Waals surface area contributed by atoms with Crippen LogP contribution in [0.15, 0.2) is 23.3 Å². The first-order valence-corrected chi connectivity index (χ1v) is 7.55. The summed E-state index contributed by atoms with van der Waals surface area (Å²) in [5, 5.41) is 4.69. The lowest BCUT2D eigenvalue weighted by Crippen LogP contribution is -2.47. The molecule has 2 rings (SSSR count). The van der Waals surface area contributed by atoms with Crippen LogP contribution in [0, 0.1) is 6.92 Å². The summed E-state index contributed by atoms with van der Waals surface area (Å²) in [6, 6.07) is 5.37. The molecule has 0 atom stereocenters. The highest BCUT2D eigenvalue weighted by Crippen LogP contribution is 2.22. The van der Waals surface area contributed by atoms with Crippen molar-refractivity contribution in [2.24, 2.45) is 10.8 Å². The molecule has 3 N–H and O–H groups in total. The van der Waals surface area contributed by atoms with Crippen molar-refractivity contribution < 1.29 is 9.53 Å². The van der Waals surface area contributed by atoms with Crippen molar-refractivity contribution in [3.63, 3.8) is 0 Å². The van der Waals surface area contributed by atoms with Crippen LogP contribution >= 0.6 is 23.8 Å². The fourth-order valence-corrected chi connectivity index (χ4v) is 2.28. The molecule has 0 bridgehead atoms. The van der Waals surface area contributed by atoms with E-state index in [1.807, 2.05) is 6.92 Å². The van der Waals surface area contributed by atoms with Gasteiger partial charge in [-0.25, -0.2) is 0 Å². The number of rotatable bonds is 4. The first-order valence-electron chi connectivity index (χ1n) is 6.76. The molecule has 6 nitrogen and oxygen atoms in total. The lowest BCUT2D eigenvalue weighted by Gasteiger charge is -2.27. The van der Waals surface area contributed by atoms with Crippen LogP contribution in [0.2, 0.25) is 5.02 Å². The smallest absolute Gasteiger partial charge is 0.277 e. The van der Waals surface area contributed by atoms with Gasteiger partial charge in [0.2, 0.25) is 0 Å². The molecule has 1 heterocycles. The predicted octanol–water partition coefficient (Wildman–Crippen LogP) is 1.56. The lowest BCUT2D eigenvalue weighted by molar-refractivity contribution is -0.127. The Morgan fingerprint density at radius 1 is 1.45 bits per heavy atom. The highest BCUT2D eigenvalue weighted by Gasteiger charge is 2.24. The number of carbonyl (C=O) groups excluding carboxylic acids is 1. The molecule has 0 radical (unpaired) electrons. The molecule has 0 aromatic heterocycles. The Labute approximate surface area is 139 Å². The van der Waals surface area contributed by atoms with Gasteiger partial charge >= 0.3 is 0 Å². The zero-order chi connectivity index (χ0) is 16.1. The van der Waals surface area contributed by atoms with E-state index in [4.69, 9.17) is 34.3 Å². The van der Waals surface area contributed by atoms with Gasteiger partial charge in [-0.2, -0.15) is 5.10 Å². The highest BCUT2D eigenvalue weighted by atomic mass is 35.5. The Hall–Kier alpha value is -1.70. The third kappa shape index (κ3) is 3.94. The quantitative estimate of drug-likeness (QED) is 0.494. The number of hydrogen-bond acceptors (Lipinski definition) is 5. The number of morpholine rings is 1. The molecule has 0 aliphatic carbocycles. The van der Waals surface area contributed by atoms with Gasteiger partial charge in [0.25, 0.3) is 5.91 Å². The molecular formula is C14H17ClN4O2S. The number of hydrazone groups is 1. The Bertz CT molecular complexity index is 615. The maximum atomic E-state index is 12.4. The van der Waals surface area contributed by atoms with E-state index in [1.54, 1.807) is 23.1 Å². The molecule has 8 heteroatoms. The molecular weight excluding hydrogens is 324 g/mol. The number of anilines is 1. The average Bonchev–Trinajstić information content (AvgIpc) is 2.52. The maximum Gasteiger partial charge on any atom is 0.277 e. The number of nitrogens with two attached hydrogens (primary N) is 1. The summed E-state index contributed by atoms with van der Waals surface area (Å²) in [7, 11) is 0. The van der Waals surface area contributed by atoms with Gasteiger partial charge in [-0.1, -0.05) is 29.9 Å². The van der Waals surface area contributed by atoms with Gasteiger partial charge < -0.3 is 15.4 Å². The van der Waals surface area contributed by atoms with Crippen molar-refractivity contribution in [2.45, 2.75) is 6.92 Å². The van der Waals surface area contributed by atoms with Crippen LogP contribution in [0.4, 0.5) is 5.69 Å². The SMILES string of the molecule is Cc1c(Cl)cccc1N/N=C(\C(=O)N1CCOCC1)C(N)=S. The fraction of sp³-hybridized carbons (Fsp3) is 0.357. The second-order valence-corrected chi connectivity index (χ2v) is 5.60. The van der Waals surface area contributed by atoms with E-state index in [0.29, 0.717) is 37.0 Å². The monoisotopic (exact) mass is 340 g/mol. The van der Waals surface area contributed by atoms with E-state index >= 15 is 0 Å². The molecule has 118 valence electrons. The van der Waals surface area contributed by atoms with Crippen molar-refractivity contribution in [3.05, 3.63) is 28.8 Å². The van der Waals surface area contributed by atoms with Gasteiger partial charge in [-0.3, -0.25) is 10.2 Å². The van der Waals surface area contributed by atoms with Crippen molar-refractivity contribution in [1.29, 1.82) is 0 Å². The number of halogens is 1. The summed E-state index contributed by atoms with van der Waals surface area (Å²) < 4.78 is 5.22. The Morgan fingerprint density at radius 3 is 2.77 bits per heavy atom. The van der Waals surface area contributed by atoms with Crippen LogP contribution in [0.3, 0.4) is 0 Å². The van der Waals surface area contributed by atoms with E-state index in [1.165, 1.54) is 0 Å². The summed E-state index contributed by atoms with van der Waals surface area (Å²) in [4.78, 5) is 14.0. The van der Waals surface area contributed by atoms with Crippen LogP contribution in [0.1, 0.15) is 5.56 Å². The van der Waals surface area contributed by atoms with Gasteiger partial charge in [0.1, 0.15) is 4.99 Å². The molecule has 1 aromatic rings. The second-order valence-electron chi connectivity index (χ2n) is 4.75. The zero-order valence-electron chi connectivity index (χ0n) is 12.1. The third-order valence-electron chi connectivity index (χ3n) is 3.29. The molecule has 22 heavy (non-hydrogen) atoms. The number of nitrogens with one attached hydrogen (secondary N) is 1. The van der Waals surface area contributed by atoms with Crippen LogP contribution in [-0.2, 0) is 9.53 Å². The van der Waals surface area contributed by atoms with Gasteiger partial charge in [0.05, 0.1) is 18.9 Å². The second kappa shape index (κ2) is 7.53. The summed E-state index contributed by atoms with van der Waals surface area (Å²) in [5.41, 5.74) is 9.99. The number of nitrogens with zero attached hydrogens (tertiary/aromatic N) is 2. The number of hydrogen-bond donors (Lipinski definition) is 2. The summed E-state index contributed by atoms with van der Waals surface area (Å²) in [5.74, 6) is -0.303. The van der Waals surface area contributed by atoms with E-state index in [9.17, 15) is 4.79 Å². The number of carbonyl (C=O) groups is 1. The lowest BCUT2D eigenvalue weighted by atomic mass is 10.2. The average molecular weight is 341 g/mol. The molecule has 1 aromatic carbocycles. The van der Waals surface area contributed by atoms with E-state index in [-0.39, 0.29) is 16.6 Å². The van der Waals surface area contributed by atoms with Gasteiger partial charge in [0, 0.05) is 18.1 Å². The first-order chi connectivity index (χ1) is 10.5. The normalized spacial score (nSPS) is 15.5. The minimum atomic E-state index is -0.303. The Balaban J connectivity index is 2.18. The fourth-order valence-electron chi connectivity index (χ4n) is 1.97. The largest absolute Gasteiger partial charge is 0.388 e. The van der Waals surface area contributed by atoms with Crippen molar-refractivity contribution >= 4 is 46.1 Å². The van der Waals surface area contributed by atoms with Crippen molar-refractivity contribution in [1.82, 2.24) is 4.90 Å². The molecule has 0 unspecified atom stereocenters. The van der Waals surface area contributed by atoms with Crippen molar-refractivity contribution in [3.8, 4) is 0 Å². The molecule has 1 saturated heterocycles. The van der Waals surface area contributed by atoms with E-state index in [0.717, 1.165) is 5.56 Å². The molecule has 0 saturated carbocycles. The van der Waals surface area contributed by atoms with Crippen LogP contribution in [-0.4, -0.2) is 47.8 Å². The van der Waals surface area contributed by atoms with Crippen LogP contribution in [0.25, 0.3) is 0 Å². The molecule has 1 aliphatic rings. The van der Waals surface area contributed by atoms with Gasteiger partial charge in [-0.15, -0.1) is 0 Å². The predicted molar refractivity (Wildman–Crippen MR) is 91.4 cm³/mol. The third-order valence-corrected chi connectivity index (χ3v) is 3.89. The number of amides is 1. The summed E-state index contributed by atoms with van der Waals surface area (Å²) in [6.45, 7) is 3.84. The van der Waals surface area contributed by atoms with Crippen LogP contribution < -0.4 is 11.2 Å². The summed E-state index contributed by atoms with van der Waals surface area (Å²) >= 11 is 11.0. The Kier molecular flexibility index (Phi) is 5.70. The molecule has 1 fully saturated rings. The van der Waals surface area contributed by atoms with E-state index < -0.39 is 0 Å². The zero-order valence-corrected chi connectivity index (χ0v) is 13.7. The number of ether oxygens (including phenoxy) is 1. The molecule has 1 amide bonds. The van der Waals surface area contributed by atoms with E-state index in [2.05, 4.69) is 10.5 Å². The molecule has 0 spiro atoms. The maximum absolute atomic E-state index is 12.4. The van der Waals surface area contributed by atoms with Gasteiger partial charge in [0.15, 0.2) is 5.71 Å². The minimum Gasteiger partial charge on any atom is -0.388 e. The first kappa shape index (κ1) is 16.7. The molecule has 1 aliphatic heterocycles.